The number of piperazine rings is 1. The van der Waals surface area contributed by atoms with Gasteiger partial charge in [-0.25, -0.2) is 0 Å². The summed E-state index contributed by atoms with van der Waals surface area (Å²) in [4.78, 5) is 4.44. The Balaban J connectivity index is 0.00000316. The van der Waals surface area contributed by atoms with Gasteiger partial charge in [-0.05, 0) is 53.6 Å². The van der Waals surface area contributed by atoms with E-state index in [4.69, 9.17) is 14.2 Å². The molecule has 7 nitrogen and oxygen atoms in total. The summed E-state index contributed by atoms with van der Waals surface area (Å²) in [6, 6.07) is 13.5. The predicted octanol–water partition coefficient (Wildman–Crippen LogP) is 2.14. The number of aromatic nitrogens is 1. The van der Waals surface area contributed by atoms with Crippen LogP contribution in [0, 0.1) is 0 Å². The standard InChI is InChI=1S/C31H28F3N3O4.ClH/c1-39-29-13-20(16-35-8-10-36(11-9-35)22-4-2-21(3-5-22)31(32,33)34)23-14-26-24-15-28-27(40-18-41-28)12-19(24)6-7-37(26)17-25(23)30(29)38;/h2-5,12-15,17H,6-11,16,18H2,1H3;1H. The third kappa shape index (κ3) is 4.92. The molecule has 4 aromatic rings. The summed E-state index contributed by atoms with van der Waals surface area (Å²) in [5.74, 6) is 2.05. The molecule has 3 aliphatic heterocycles. The molecule has 1 saturated heterocycles. The molecule has 0 radical (unpaired) electrons. The van der Waals surface area contributed by atoms with Gasteiger partial charge in [-0.3, -0.25) is 4.90 Å². The summed E-state index contributed by atoms with van der Waals surface area (Å²) < 4.78 is 57.9. The summed E-state index contributed by atoms with van der Waals surface area (Å²) in [6.45, 7) is 4.53. The molecule has 7 rings (SSSR count). The molecule has 0 unspecified atom stereocenters. The highest BCUT2D eigenvalue weighted by Gasteiger charge is 2.31. The molecule has 1 aromatic heterocycles. The number of pyridine rings is 1. The second-order valence-electron chi connectivity index (χ2n) is 10.7. The van der Waals surface area contributed by atoms with E-state index in [1.54, 1.807) is 19.2 Å². The first kappa shape index (κ1) is 28.2. The lowest BCUT2D eigenvalue weighted by Crippen LogP contribution is -3.00. The Morgan fingerprint density at radius 1 is 0.952 bits per heavy atom. The summed E-state index contributed by atoms with van der Waals surface area (Å²) in [7, 11) is 1.55. The summed E-state index contributed by atoms with van der Waals surface area (Å²) in [5.41, 5.74) is 4.53. The number of benzene rings is 3. The van der Waals surface area contributed by atoms with E-state index in [0.717, 1.165) is 83.0 Å². The number of alkyl halides is 3. The van der Waals surface area contributed by atoms with Gasteiger partial charge >= 0.3 is 6.18 Å². The van der Waals surface area contributed by atoms with Crippen LogP contribution in [0.25, 0.3) is 22.0 Å². The summed E-state index contributed by atoms with van der Waals surface area (Å²) in [6.07, 6.45) is -1.49. The van der Waals surface area contributed by atoms with E-state index in [1.165, 1.54) is 5.56 Å². The molecule has 3 aliphatic rings. The van der Waals surface area contributed by atoms with Gasteiger partial charge in [0.15, 0.2) is 35.7 Å². The summed E-state index contributed by atoms with van der Waals surface area (Å²) in [5, 5.41) is 12.7. The number of fused-ring (bicyclic) bond motifs is 5. The SMILES string of the molecule is COc1cc(CN2CCN(c3ccc(C(F)(F)F)cc3)CC2)c2cc3[n+](cc2c1O)CCc1cc2c(cc1-3)OCO2.[Cl-]. The quantitative estimate of drug-likeness (QED) is 0.363. The van der Waals surface area contributed by atoms with Crippen molar-refractivity contribution in [1.82, 2.24) is 4.90 Å². The fraction of sp³-hybridized carbons (Fsp3) is 0.323. The van der Waals surface area contributed by atoms with Crippen molar-refractivity contribution < 1.29 is 49.5 Å². The molecule has 11 heteroatoms. The fourth-order valence-electron chi connectivity index (χ4n) is 6.12. The van der Waals surface area contributed by atoms with Crippen molar-refractivity contribution in [2.45, 2.75) is 25.7 Å². The van der Waals surface area contributed by atoms with E-state index in [0.29, 0.717) is 25.4 Å². The second kappa shape index (κ2) is 10.7. The molecule has 0 spiro atoms. The van der Waals surface area contributed by atoms with Crippen LogP contribution in [0.4, 0.5) is 18.9 Å². The number of nitrogens with zero attached hydrogens (tertiary/aromatic N) is 3. The first-order valence-electron chi connectivity index (χ1n) is 13.6. The molecule has 220 valence electrons. The van der Waals surface area contributed by atoms with Gasteiger partial charge in [-0.15, -0.1) is 0 Å². The molecular formula is C31H29ClF3N3O4. The van der Waals surface area contributed by atoms with E-state index in [9.17, 15) is 18.3 Å². The van der Waals surface area contributed by atoms with Gasteiger partial charge in [0, 0.05) is 56.3 Å². The Kier molecular flexibility index (Phi) is 7.22. The molecule has 0 atom stereocenters. The zero-order valence-electron chi connectivity index (χ0n) is 22.9. The number of phenols is 1. The molecule has 4 heterocycles. The molecule has 3 aromatic carbocycles. The lowest BCUT2D eigenvalue weighted by atomic mass is 9.94. The van der Waals surface area contributed by atoms with Crippen molar-refractivity contribution in [1.29, 1.82) is 0 Å². The molecule has 1 N–H and O–H groups in total. The third-order valence-electron chi connectivity index (χ3n) is 8.35. The number of aryl methyl sites for hydroxylation is 2. The van der Waals surface area contributed by atoms with Crippen molar-refractivity contribution >= 4 is 16.5 Å². The number of rotatable bonds is 4. The zero-order chi connectivity index (χ0) is 28.3. The topological polar surface area (TPSA) is 58.3 Å². The second-order valence-corrected chi connectivity index (χ2v) is 10.7. The maximum atomic E-state index is 13.0. The third-order valence-corrected chi connectivity index (χ3v) is 8.35. The summed E-state index contributed by atoms with van der Waals surface area (Å²) >= 11 is 0. The molecule has 0 aliphatic carbocycles. The van der Waals surface area contributed by atoms with Crippen molar-refractivity contribution in [3.63, 3.8) is 0 Å². The molecule has 0 amide bonds. The van der Waals surface area contributed by atoms with Gasteiger partial charge in [-0.2, -0.15) is 17.7 Å². The van der Waals surface area contributed by atoms with Crippen molar-refractivity contribution in [3.8, 4) is 34.3 Å². The van der Waals surface area contributed by atoms with Crippen molar-refractivity contribution in [2.75, 3.05) is 45.0 Å². The molecule has 42 heavy (non-hydrogen) atoms. The van der Waals surface area contributed by atoms with Crippen molar-refractivity contribution in [2.24, 2.45) is 0 Å². The number of aromatic hydroxyl groups is 1. The minimum atomic E-state index is -4.34. The van der Waals surface area contributed by atoms with Gasteiger partial charge in [0.2, 0.25) is 12.5 Å². The highest BCUT2D eigenvalue weighted by Crippen LogP contribution is 2.42. The lowest BCUT2D eigenvalue weighted by molar-refractivity contribution is -0.686. The lowest BCUT2D eigenvalue weighted by Gasteiger charge is -2.36. The van der Waals surface area contributed by atoms with Gasteiger partial charge in [0.1, 0.15) is 0 Å². The van der Waals surface area contributed by atoms with Crippen LogP contribution in [0.1, 0.15) is 16.7 Å². The number of hydrogen-bond donors (Lipinski definition) is 1. The number of hydrogen-bond acceptors (Lipinski definition) is 6. The van der Waals surface area contributed by atoms with E-state index in [1.807, 2.05) is 18.3 Å². The monoisotopic (exact) mass is 599 g/mol. The average Bonchev–Trinajstić information content (AvgIpc) is 3.44. The van der Waals surface area contributed by atoms with Crippen LogP contribution in [0.2, 0.25) is 0 Å². The number of ether oxygens (including phenoxy) is 3. The Labute approximate surface area is 247 Å². The highest BCUT2D eigenvalue weighted by molar-refractivity contribution is 5.94. The largest absolute Gasteiger partial charge is 1.00 e. The first-order chi connectivity index (χ1) is 19.8. The maximum Gasteiger partial charge on any atom is 0.416 e. The van der Waals surface area contributed by atoms with Crippen LogP contribution in [0.3, 0.4) is 0 Å². The first-order valence-corrected chi connectivity index (χ1v) is 13.6. The number of methoxy groups -OCH3 is 1. The van der Waals surface area contributed by atoms with E-state index in [-0.39, 0.29) is 24.9 Å². The zero-order valence-corrected chi connectivity index (χ0v) is 23.6. The normalized spacial score (nSPS) is 16.1. The molecule has 1 fully saturated rings. The van der Waals surface area contributed by atoms with E-state index < -0.39 is 11.7 Å². The van der Waals surface area contributed by atoms with E-state index >= 15 is 0 Å². The minimum absolute atomic E-state index is 0. The van der Waals surface area contributed by atoms with E-state index in [2.05, 4.69) is 26.5 Å². The van der Waals surface area contributed by atoms with Crippen LogP contribution < -0.4 is 36.1 Å². The van der Waals surface area contributed by atoms with Crippen LogP contribution in [0.15, 0.2) is 54.7 Å². The van der Waals surface area contributed by atoms with Crippen molar-refractivity contribution in [3.05, 3.63) is 71.4 Å². The predicted molar refractivity (Wildman–Crippen MR) is 147 cm³/mol. The Morgan fingerprint density at radius 3 is 2.36 bits per heavy atom. The minimum Gasteiger partial charge on any atom is -1.00 e. The van der Waals surface area contributed by atoms with Crippen LogP contribution >= 0.6 is 0 Å². The fourth-order valence-corrected chi connectivity index (χ4v) is 6.12. The number of halogens is 4. The van der Waals surface area contributed by atoms with Crippen LogP contribution in [-0.4, -0.2) is 50.1 Å². The molecule has 0 saturated carbocycles. The highest BCUT2D eigenvalue weighted by atomic mass is 35.5. The maximum absolute atomic E-state index is 13.0. The Morgan fingerprint density at radius 2 is 1.67 bits per heavy atom. The van der Waals surface area contributed by atoms with Crippen LogP contribution in [-0.2, 0) is 25.7 Å². The average molecular weight is 600 g/mol. The van der Waals surface area contributed by atoms with Gasteiger partial charge in [0.25, 0.3) is 0 Å². The van der Waals surface area contributed by atoms with Gasteiger partial charge in [0.05, 0.1) is 23.6 Å². The van der Waals surface area contributed by atoms with Gasteiger partial charge < -0.3 is 36.6 Å². The molecule has 0 bridgehead atoms. The Bertz CT molecular complexity index is 1660. The smallest absolute Gasteiger partial charge is 0.416 e. The Hall–Kier alpha value is -3.89. The number of phenolic OH excluding ortho intramolecular Hbond substituents is 1. The molecular weight excluding hydrogens is 571 g/mol. The number of anilines is 1. The van der Waals surface area contributed by atoms with Gasteiger partial charge in [-0.1, -0.05) is 0 Å². The van der Waals surface area contributed by atoms with Crippen LogP contribution in [0.5, 0.6) is 23.0 Å².